The summed E-state index contributed by atoms with van der Waals surface area (Å²) in [6.45, 7) is 1.82. The Morgan fingerprint density at radius 2 is 2.14 bits per heavy atom. The smallest absolute Gasteiger partial charge is 0.237 e. The lowest BCUT2D eigenvalue weighted by molar-refractivity contribution is -0.115. The van der Waals surface area contributed by atoms with Gasteiger partial charge in [0.15, 0.2) is 5.82 Å². The Morgan fingerprint density at radius 3 is 2.86 bits per heavy atom. The number of anilines is 1. The van der Waals surface area contributed by atoms with Crippen LogP contribution >= 0.6 is 11.8 Å². The maximum atomic E-state index is 12.1. The van der Waals surface area contributed by atoms with E-state index in [0.29, 0.717) is 11.0 Å². The van der Waals surface area contributed by atoms with E-state index in [1.165, 1.54) is 11.8 Å². The monoisotopic (exact) mass is 314 g/mol. The Hall–Kier alpha value is -2.54. The first-order valence-corrected chi connectivity index (χ1v) is 7.58. The Bertz CT molecular complexity index is 740. The molecule has 1 atom stereocenters. The van der Waals surface area contributed by atoms with Gasteiger partial charge in [-0.25, -0.2) is 4.98 Å². The molecule has 1 unspecified atom stereocenters. The van der Waals surface area contributed by atoms with Crippen molar-refractivity contribution >= 4 is 23.4 Å². The summed E-state index contributed by atoms with van der Waals surface area (Å²) in [6, 6.07) is 11.1. The molecule has 6 nitrogen and oxygen atoms in total. The number of amides is 1. The molecule has 0 bridgehead atoms. The van der Waals surface area contributed by atoms with E-state index < -0.39 is 0 Å². The molecule has 1 amide bonds. The zero-order valence-corrected chi connectivity index (χ0v) is 12.6. The minimum atomic E-state index is -0.312. The van der Waals surface area contributed by atoms with Crippen molar-refractivity contribution in [2.75, 3.05) is 5.32 Å². The molecule has 1 aromatic carbocycles. The fraction of sp³-hybridized carbons (Fsp3) is 0.133. The molecule has 0 saturated carbocycles. The van der Waals surface area contributed by atoms with Gasteiger partial charge in [0.1, 0.15) is 6.26 Å². The van der Waals surface area contributed by atoms with Crippen molar-refractivity contribution in [3.63, 3.8) is 0 Å². The van der Waals surface area contributed by atoms with Crippen LogP contribution in [0.5, 0.6) is 0 Å². The summed E-state index contributed by atoms with van der Waals surface area (Å²) >= 11 is 1.29. The molecule has 3 aromatic rings. The van der Waals surface area contributed by atoms with Crippen LogP contribution in [-0.2, 0) is 4.79 Å². The number of aromatic amines is 1. The molecular weight excluding hydrogens is 300 g/mol. The average molecular weight is 314 g/mol. The van der Waals surface area contributed by atoms with Crippen LogP contribution in [0.25, 0.3) is 11.4 Å². The Kier molecular flexibility index (Phi) is 4.24. The molecule has 7 heteroatoms. The molecule has 3 rings (SSSR count). The minimum Gasteiger partial charge on any atom is -0.472 e. The van der Waals surface area contributed by atoms with Gasteiger partial charge in [-0.3, -0.25) is 9.89 Å². The lowest BCUT2D eigenvalue weighted by Gasteiger charge is -2.09. The van der Waals surface area contributed by atoms with E-state index in [2.05, 4.69) is 20.5 Å². The second-order valence-corrected chi connectivity index (χ2v) is 5.90. The molecule has 0 radical (unpaired) electrons. The Labute approximate surface area is 131 Å². The van der Waals surface area contributed by atoms with Gasteiger partial charge < -0.3 is 9.73 Å². The van der Waals surface area contributed by atoms with Gasteiger partial charge in [0.2, 0.25) is 11.1 Å². The normalized spacial score (nSPS) is 12.0. The number of H-pyrrole nitrogens is 1. The number of nitrogens with one attached hydrogen (secondary N) is 2. The van der Waals surface area contributed by atoms with Gasteiger partial charge in [0, 0.05) is 5.69 Å². The summed E-state index contributed by atoms with van der Waals surface area (Å²) in [6.07, 6.45) is 3.15. The number of carbonyl (C=O) groups is 1. The zero-order chi connectivity index (χ0) is 15.4. The average Bonchev–Trinajstić information content (AvgIpc) is 3.19. The van der Waals surface area contributed by atoms with E-state index >= 15 is 0 Å². The molecule has 22 heavy (non-hydrogen) atoms. The third kappa shape index (κ3) is 3.37. The van der Waals surface area contributed by atoms with Crippen molar-refractivity contribution in [2.45, 2.75) is 17.3 Å². The van der Waals surface area contributed by atoms with Crippen LogP contribution in [0.3, 0.4) is 0 Å². The third-order valence-electron chi connectivity index (χ3n) is 2.95. The van der Waals surface area contributed by atoms with Crippen LogP contribution in [0.15, 0.2) is 58.5 Å². The number of nitrogens with zero attached hydrogens (tertiary/aromatic N) is 2. The van der Waals surface area contributed by atoms with Gasteiger partial charge in [-0.05, 0) is 25.1 Å². The Morgan fingerprint density at radius 1 is 1.32 bits per heavy atom. The molecule has 112 valence electrons. The summed E-state index contributed by atoms with van der Waals surface area (Å²) in [5.74, 6) is 0.526. The number of thioether (sulfide) groups is 1. The molecule has 2 N–H and O–H groups in total. The predicted octanol–water partition coefficient (Wildman–Crippen LogP) is 3.18. The van der Waals surface area contributed by atoms with Crippen molar-refractivity contribution in [2.24, 2.45) is 0 Å². The summed E-state index contributed by atoms with van der Waals surface area (Å²) < 4.78 is 5.01. The highest BCUT2D eigenvalue weighted by Crippen LogP contribution is 2.23. The molecular formula is C15H14N4O2S. The Balaban J connectivity index is 1.62. The first kappa shape index (κ1) is 14.4. The summed E-state index contributed by atoms with van der Waals surface area (Å²) in [4.78, 5) is 16.5. The highest BCUT2D eigenvalue weighted by Gasteiger charge is 2.17. The maximum Gasteiger partial charge on any atom is 0.237 e. The molecule has 0 spiro atoms. The molecule has 0 aliphatic carbocycles. The fourth-order valence-electron chi connectivity index (χ4n) is 1.80. The van der Waals surface area contributed by atoms with Gasteiger partial charge in [-0.2, -0.15) is 0 Å². The van der Waals surface area contributed by atoms with Crippen molar-refractivity contribution in [1.29, 1.82) is 0 Å². The van der Waals surface area contributed by atoms with Crippen molar-refractivity contribution in [3.8, 4) is 11.4 Å². The molecule has 0 aliphatic heterocycles. The second kappa shape index (κ2) is 6.48. The second-order valence-electron chi connectivity index (χ2n) is 4.59. The summed E-state index contributed by atoms with van der Waals surface area (Å²) in [7, 11) is 0. The van der Waals surface area contributed by atoms with Crippen LogP contribution in [0.1, 0.15) is 6.92 Å². The van der Waals surface area contributed by atoms with Gasteiger partial charge in [-0.15, -0.1) is 5.10 Å². The lowest BCUT2D eigenvalue weighted by Crippen LogP contribution is -2.22. The lowest BCUT2D eigenvalue weighted by atomic mass is 10.3. The van der Waals surface area contributed by atoms with Crippen LogP contribution in [0.2, 0.25) is 0 Å². The first-order valence-electron chi connectivity index (χ1n) is 6.70. The molecule has 2 heterocycles. The van der Waals surface area contributed by atoms with Crippen molar-refractivity contribution < 1.29 is 9.21 Å². The number of rotatable bonds is 5. The van der Waals surface area contributed by atoms with E-state index in [0.717, 1.165) is 11.3 Å². The number of hydrogen-bond donors (Lipinski definition) is 2. The number of aromatic nitrogens is 3. The van der Waals surface area contributed by atoms with E-state index in [9.17, 15) is 4.79 Å². The largest absolute Gasteiger partial charge is 0.472 e. The summed E-state index contributed by atoms with van der Waals surface area (Å²) in [5, 5.41) is 10.00. The van der Waals surface area contributed by atoms with Gasteiger partial charge in [0.25, 0.3) is 0 Å². The van der Waals surface area contributed by atoms with E-state index in [1.54, 1.807) is 18.6 Å². The number of hydrogen-bond acceptors (Lipinski definition) is 5. The molecule has 0 fully saturated rings. The van der Waals surface area contributed by atoms with Gasteiger partial charge >= 0.3 is 0 Å². The highest BCUT2D eigenvalue weighted by molar-refractivity contribution is 8.00. The van der Waals surface area contributed by atoms with Gasteiger partial charge in [-0.1, -0.05) is 30.0 Å². The molecule has 0 saturated heterocycles. The van der Waals surface area contributed by atoms with Crippen molar-refractivity contribution in [3.05, 3.63) is 48.9 Å². The van der Waals surface area contributed by atoms with Crippen LogP contribution in [-0.4, -0.2) is 26.3 Å². The zero-order valence-electron chi connectivity index (χ0n) is 11.8. The number of furan rings is 1. The van der Waals surface area contributed by atoms with Gasteiger partial charge in [0.05, 0.1) is 17.1 Å². The van der Waals surface area contributed by atoms with Crippen LogP contribution < -0.4 is 5.32 Å². The van der Waals surface area contributed by atoms with Crippen molar-refractivity contribution in [1.82, 2.24) is 15.2 Å². The quantitative estimate of drug-likeness (QED) is 0.707. The van der Waals surface area contributed by atoms with E-state index in [1.807, 2.05) is 37.3 Å². The topological polar surface area (TPSA) is 83.8 Å². The predicted molar refractivity (Wildman–Crippen MR) is 84.5 cm³/mol. The third-order valence-corrected chi connectivity index (χ3v) is 3.91. The van der Waals surface area contributed by atoms with E-state index in [4.69, 9.17) is 4.42 Å². The summed E-state index contributed by atoms with van der Waals surface area (Å²) in [5.41, 5.74) is 1.59. The minimum absolute atomic E-state index is 0.0918. The molecule has 0 aliphatic rings. The van der Waals surface area contributed by atoms with Crippen LogP contribution in [0, 0.1) is 0 Å². The fourth-order valence-corrected chi connectivity index (χ4v) is 2.53. The molecule has 2 aromatic heterocycles. The van der Waals surface area contributed by atoms with E-state index in [-0.39, 0.29) is 11.2 Å². The highest BCUT2D eigenvalue weighted by atomic mass is 32.2. The SMILES string of the molecule is CC(Sc1n[nH]c(-c2ccoc2)n1)C(=O)Nc1ccccc1. The number of carbonyl (C=O) groups excluding carboxylic acids is 1. The number of benzene rings is 1. The number of para-hydroxylation sites is 1. The first-order chi connectivity index (χ1) is 10.7. The maximum absolute atomic E-state index is 12.1. The standard InChI is InChI=1S/C15H14N4O2S/c1-10(14(20)16-12-5-3-2-4-6-12)22-15-17-13(18-19-15)11-7-8-21-9-11/h2-10H,1H3,(H,16,20)(H,17,18,19). The van der Waals surface area contributed by atoms with Crippen LogP contribution in [0.4, 0.5) is 5.69 Å².